The van der Waals surface area contributed by atoms with Crippen LogP contribution in [0.1, 0.15) is 16.1 Å². The second kappa shape index (κ2) is 5.96. The molecule has 0 aliphatic carbocycles. The minimum atomic E-state index is -0.160. The predicted octanol–water partition coefficient (Wildman–Crippen LogP) is 5.98. The van der Waals surface area contributed by atoms with Gasteiger partial charge in [-0.2, -0.15) is 0 Å². The molecule has 0 atom stereocenters. The number of ketones is 1. The Morgan fingerprint density at radius 2 is 1.92 bits per heavy atom. The SMILES string of the molecule is O=C1C(=Cc2ccc(-c3cccc(Cl)c3)o2)Oc2ccc(Br)cc21. The average Bonchev–Trinajstić information content (AvgIpc) is 3.14. The summed E-state index contributed by atoms with van der Waals surface area (Å²) in [7, 11) is 0. The number of hydrogen-bond donors (Lipinski definition) is 0. The van der Waals surface area contributed by atoms with Gasteiger partial charge in [-0.1, -0.05) is 39.7 Å². The number of carbonyl (C=O) groups is 1. The summed E-state index contributed by atoms with van der Waals surface area (Å²) in [4.78, 5) is 12.4. The normalized spacial score (nSPS) is 14.8. The second-order valence-electron chi connectivity index (χ2n) is 5.29. The van der Waals surface area contributed by atoms with Crippen molar-refractivity contribution in [3.63, 3.8) is 0 Å². The monoisotopic (exact) mass is 400 g/mol. The lowest BCUT2D eigenvalue weighted by Gasteiger charge is -1.98. The molecule has 2 heterocycles. The quantitative estimate of drug-likeness (QED) is 0.496. The average molecular weight is 402 g/mol. The van der Waals surface area contributed by atoms with Crippen LogP contribution in [0.4, 0.5) is 0 Å². The lowest BCUT2D eigenvalue weighted by molar-refractivity contribution is 0.101. The molecule has 0 unspecified atom stereocenters. The number of benzene rings is 2. The topological polar surface area (TPSA) is 39.4 Å². The van der Waals surface area contributed by atoms with Gasteiger partial charge in [0.2, 0.25) is 5.78 Å². The lowest BCUT2D eigenvalue weighted by atomic mass is 10.1. The summed E-state index contributed by atoms with van der Waals surface area (Å²) >= 11 is 9.36. The molecule has 1 aliphatic heterocycles. The van der Waals surface area contributed by atoms with E-state index in [1.807, 2.05) is 30.3 Å². The molecule has 0 N–H and O–H groups in total. The Hall–Kier alpha value is -2.30. The van der Waals surface area contributed by atoms with Crippen molar-refractivity contribution in [2.24, 2.45) is 0 Å². The number of Topliss-reactive ketones (excluding diaryl/α,β-unsaturated/α-hetero) is 1. The third-order valence-electron chi connectivity index (χ3n) is 3.64. The highest BCUT2D eigenvalue weighted by Gasteiger charge is 2.27. The molecule has 3 aromatic rings. The molecular weight excluding hydrogens is 392 g/mol. The number of rotatable bonds is 2. The molecule has 0 bridgehead atoms. The molecule has 118 valence electrons. The maximum atomic E-state index is 12.4. The van der Waals surface area contributed by atoms with E-state index >= 15 is 0 Å². The fourth-order valence-corrected chi connectivity index (χ4v) is 3.07. The van der Waals surface area contributed by atoms with Gasteiger partial charge in [0.15, 0.2) is 5.76 Å². The summed E-state index contributed by atoms with van der Waals surface area (Å²) < 4.78 is 12.2. The van der Waals surface area contributed by atoms with Crippen LogP contribution in [-0.4, -0.2) is 5.78 Å². The summed E-state index contributed by atoms with van der Waals surface area (Å²) in [5, 5.41) is 0.638. The van der Waals surface area contributed by atoms with E-state index in [0.29, 0.717) is 27.9 Å². The zero-order valence-electron chi connectivity index (χ0n) is 12.3. The first-order valence-electron chi connectivity index (χ1n) is 7.20. The number of carbonyl (C=O) groups excluding carboxylic acids is 1. The summed E-state index contributed by atoms with van der Waals surface area (Å²) in [5.74, 6) is 1.86. The number of allylic oxidation sites excluding steroid dienone is 1. The van der Waals surface area contributed by atoms with Crippen LogP contribution in [0.3, 0.4) is 0 Å². The summed E-state index contributed by atoms with van der Waals surface area (Å²) in [6, 6.07) is 16.4. The summed E-state index contributed by atoms with van der Waals surface area (Å²) in [5.41, 5.74) is 1.41. The van der Waals surface area contributed by atoms with Crippen molar-refractivity contribution in [3.05, 3.63) is 81.2 Å². The molecule has 5 heteroatoms. The first kappa shape index (κ1) is 15.2. The van der Waals surface area contributed by atoms with Crippen LogP contribution in [0.25, 0.3) is 17.4 Å². The number of halogens is 2. The van der Waals surface area contributed by atoms with E-state index in [0.717, 1.165) is 10.0 Å². The maximum Gasteiger partial charge on any atom is 0.232 e. The van der Waals surface area contributed by atoms with Crippen LogP contribution in [0.2, 0.25) is 5.02 Å². The van der Waals surface area contributed by atoms with Gasteiger partial charge in [0, 0.05) is 21.1 Å². The predicted molar refractivity (Wildman–Crippen MR) is 96.2 cm³/mol. The minimum Gasteiger partial charge on any atom is -0.457 e. The first-order valence-corrected chi connectivity index (χ1v) is 8.37. The molecule has 0 radical (unpaired) electrons. The Morgan fingerprint density at radius 1 is 1.04 bits per heavy atom. The van der Waals surface area contributed by atoms with E-state index < -0.39 is 0 Å². The fourth-order valence-electron chi connectivity index (χ4n) is 2.52. The van der Waals surface area contributed by atoms with E-state index in [-0.39, 0.29) is 11.5 Å². The summed E-state index contributed by atoms with van der Waals surface area (Å²) in [6.45, 7) is 0. The van der Waals surface area contributed by atoms with Gasteiger partial charge in [0.1, 0.15) is 17.3 Å². The van der Waals surface area contributed by atoms with Gasteiger partial charge < -0.3 is 9.15 Å². The van der Waals surface area contributed by atoms with Crippen LogP contribution < -0.4 is 4.74 Å². The van der Waals surface area contributed by atoms with E-state index in [1.165, 1.54) is 0 Å². The van der Waals surface area contributed by atoms with E-state index in [2.05, 4.69) is 15.9 Å². The molecule has 2 aromatic carbocycles. The molecule has 0 saturated heterocycles. The molecule has 0 saturated carbocycles. The number of ether oxygens (including phenoxy) is 1. The zero-order chi connectivity index (χ0) is 16.7. The highest BCUT2D eigenvalue weighted by atomic mass is 79.9. The van der Waals surface area contributed by atoms with Gasteiger partial charge in [-0.15, -0.1) is 0 Å². The Balaban J connectivity index is 1.65. The minimum absolute atomic E-state index is 0.160. The van der Waals surface area contributed by atoms with Crippen LogP contribution in [-0.2, 0) is 0 Å². The van der Waals surface area contributed by atoms with Gasteiger partial charge in [-0.3, -0.25) is 4.79 Å². The molecule has 0 amide bonds. The highest BCUT2D eigenvalue weighted by molar-refractivity contribution is 9.10. The van der Waals surface area contributed by atoms with Crippen LogP contribution in [0, 0.1) is 0 Å². The van der Waals surface area contributed by atoms with Gasteiger partial charge in [-0.05, 0) is 42.5 Å². The Morgan fingerprint density at radius 3 is 2.75 bits per heavy atom. The molecule has 3 nitrogen and oxygen atoms in total. The van der Waals surface area contributed by atoms with Gasteiger partial charge in [-0.25, -0.2) is 0 Å². The largest absolute Gasteiger partial charge is 0.457 e. The molecule has 1 aromatic heterocycles. The van der Waals surface area contributed by atoms with Gasteiger partial charge >= 0.3 is 0 Å². The zero-order valence-corrected chi connectivity index (χ0v) is 14.6. The third-order valence-corrected chi connectivity index (χ3v) is 4.37. The second-order valence-corrected chi connectivity index (χ2v) is 6.64. The third kappa shape index (κ3) is 2.79. The lowest BCUT2D eigenvalue weighted by Crippen LogP contribution is -1.97. The molecule has 4 rings (SSSR count). The molecule has 24 heavy (non-hydrogen) atoms. The van der Waals surface area contributed by atoms with Crippen molar-refractivity contribution in [1.29, 1.82) is 0 Å². The molecule has 0 spiro atoms. The van der Waals surface area contributed by atoms with Crippen molar-refractivity contribution in [2.75, 3.05) is 0 Å². The molecule has 0 fully saturated rings. The Bertz CT molecular complexity index is 988. The fraction of sp³-hybridized carbons (Fsp3) is 0. The van der Waals surface area contributed by atoms with Crippen molar-refractivity contribution >= 4 is 39.4 Å². The number of hydrogen-bond acceptors (Lipinski definition) is 3. The van der Waals surface area contributed by atoms with Crippen molar-refractivity contribution in [3.8, 4) is 17.1 Å². The van der Waals surface area contributed by atoms with Crippen molar-refractivity contribution < 1.29 is 13.9 Å². The van der Waals surface area contributed by atoms with E-state index in [1.54, 1.807) is 30.3 Å². The van der Waals surface area contributed by atoms with Crippen molar-refractivity contribution in [2.45, 2.75) is 0 Å². The van der Waals surface area contributed by atoms with Crippen molar-refractivity contribution in [1.82, 2.24) is 0 Å². The van der Waals surface area contributed by atoms with Crippen LogP contribution in [0.5, 0.6) is 5.75 Å². The van der Waals surface area contributed by atoms with Crippen LogP contribution >= 0.6 is 27.5 Å². The highest BCUT2D eigenvalue weighted by Crippen LogP contribution is 2.34. The summed E-state index contributed by atoms with van der Waals surface area (Å²) in [6.07, 6.45) is 1.60. The Kier molecular flexibility index (Phi) is 3.79. The smallest absolute Gasteiger partial charge is 0.232 e. The van der Waals surface area contributed by atoms with Crippen LogP contribution in [0.15, 0.2) is 69.2 Å². The van der Waals surface area contributed by atoms with E-state index in [4.69, 9.17) is 20.8 Å². The number of furan rings is 1. The Labute approximate surface area is 151 Å². The van der Waals surface area contributed by atoms with Gasteiger partial charge in [0.05, 0.1) is 5.56 Å². The molecular formula is C19H10BrClO3. The first-order chi connectivity index (χ1) is 11.6. The van der Waals surface area contributed by atoms with E-state index in [9.17, 15) is 4.79 Å². The van der Waals surface area contributed by atoms with Gasteiger partial charge in [0.25, 0.3) is 0 Å². The molecule has 1 aliphatic rings. The standard InChI is InChI=1S/C19H10BrClO3/c20-12-4-6-17-15(9-12)19(22)18(24-17)10-14-5-7-16(23-14)11-2-1-3-13(21)8-11/h1-10H. The maximum absolute atomic E-state index is 12.4. The number of fused-ring (bicyclic) bond motifs is 1.